The van der Waals surface area contributed by atoms with Gasteiger partial charge < -0.3 is 14.5 Å². The summed E-state index contributed by atoms with van der Waals surface area (Å²) >= 11 is 5.10. The number of ether oxygens (including phenoxy) is 1. The number of fused-ring (bicyclic) bond motifs is 1. The molecule has 33 heavy (non-hydrogen) atoms. The molecule has 2 aromatic heterocycles. The van der Waals surface area contributed by atoms with Crippen molar-refractivity contribution >= 4 is 49.1 Å². The maximum atomic E-state index is 12.6. The third kappa shape index (κ3) is 4.84. The van der Waals surface area contributed by atoms with Gasteiger partial charge in [0.15, 0.2) is 5.76 Å². The van der Waals surface area contributed by atoms with E-state index in [-0.39, 0.29) is 18.3 Å². The molecule has 0 fully saturated rings. The van der Waals surface area contributed by atoms with Crippen LogP contribution in [0.1, 0.15) is 21.9 Å². The van der Waals surface area contributed by atoms with E-state index < -0.39 is 0 Å². The van der Waals surface area contributed by atoms with Crippen LogP contribution >= 0.6 is 27.3 Å². The molecule has 3 aromatic carbocycles. The van der Waals surface area contributed by atoms with Gasteiger partial charge in [-0.05, 0) is 89.1 Å². The van der Waals surface area contributed by atoms with E-state index in [2.05, 4.69) is 40.3 Å². The highest BCUT2D eigenvalue weighted by molar-refractivity contribution is 9.10. The lowest BCUT2D eigenvalue weighted by Crippen LogP contribution is -2.10. The van der Waals surface area contributed by atoms with E-state index >= 15 is 0 Å². The molecule has 5 aromatic rings. The molecule has 0 aliphatic carbocycles. The van der Waals surface area contributed by atoms with Crippen molar-refractivity contribution in [3.05, 3.63) is 100 Å². The van der Waals surface area contributed by atoms with Crippen LogP contribution in [-0.2, 0) is 6.61 Å². The number of thiazole rings is 1. The Labute approximate surface area is 203 Å². The Morgan fingerprint density at radius 1 is 1.06 bits per heavy atom. The van der Waals surface area contributed by atoms with Crippen LogP contribution in [0.3, 0.4) is 0 Å². The normalized spacial score (nSPS) is 11.0. The second-order valence-corrected chi connectivity index (χ2v) is 9.39. The molecule has 0 bridgehead atoms. The standard InChI is InChI=1S/C26H19BrN2O3S/c1-16-6-12-21-24(14-16)33-26(29-21)17-7-9-18(10-8-17)28-25(30)23-13-11-19(32-23)15-31-22-5-3-2-4-20(22)27/h2-14H,15H2,1H3,(H,28,30). The highest BCUT2D eigenvalue weighted by atomic mass is 79.9. The predicted molar refractivity (Wildman–Crippen MR) is 135 cm³/mol. The molecule has 1 N–H and O–H groups in total. The molecule has 0 saturated carbocycles. The Balaban J connectivity index is 1.23. The number of anilines is 1. The van der Waals surface area contributed by atoms with Crippen molar-refractivity contribution in [2.45, 2.75) is 13.5 Å². The molecule has 0 radical (unpaired) electrons. The number of carbonyl (C=O) groups is 1. The van der Waals surface area contributed by atoms with Crippen LogP contribution in [0.4, 0.5) is 5.69 Å². The van der Waals surface area contributed by atoms with E-state index in [9.17, 15) is 4.79 Å². The Kier molecular flexibility index (Phi) is 5.98. The van der Waals surface area contributed by atoms with Crippen molar-refractivity contribution in [2.24, 2.45) is 0 Å². The largest absolute Gasteiger partial charge is 0.484 e. The maximum absolute atomic E-state index is 12.6. The number of amides is 1. The summed E-state index contributed by atoms with van der Waals surface area (Å²) in [4.78, 5) is 17.3. The van der Waals surface area contributed by atoms with Gasteiger partial charge in [-0.1, -0.05) is 18.2 Å². The minimum absolute atomic E-state index is 0.228. The molecule has 2 heterocycles. The molecule has 5 nitrogen and oxygen atoms in total. The Morgan fingerprint density at radius 2 is 1.88 bits per heavy atom. The Morgan fingerprint density at radius 3 is 2.70 bits per heavy atom. The van der Waals surface area contributed by atoms with Crippen molar-refractivity contribution in [3.63, 3.8) is 0 Å². The van der Waals surface area contributed by atoms with E-state index in [1.165, 1.54) is 10.3 Å². The van der Waals surface area contributed by atoms with Crippen LogP contribution in [0.2, 0.25) is 0 Å². The monoisotopic (exact) mass is 518 g/mol. The molecule has 1 amide bonds. The minimum atomic E-state index is -0.314. The predicted octanol–water partition coefficient (Wildman–Crippen LogP) is 7.46. The summed E-state index contributed by atoms with van der Waals surface area (Å²) in [6, 6.07) is 24.9. The topological polar surface area (TPSA) is 64.4 Å². The number of aromatic nitrogens is 1. The fourth-order valence-corrected chi connectivity index (χ4v) is 4.80. The molecular weight excluding hydrogens is 500 g/mol. The zero-order valence-corrected chi connectivity index (χ0v) is 20.1. The maximum Gasteiger partial charge on any atom is 0.291 e. The number of furan rings is 1. The fourth-order valence-electron chi connectivity index (χ4n) is 3.33. The van der Waals surface area contributed by atoms with Gasteiger partial charge in [0, 0.05) is 11.3 Å². The first-order valence-corrected chi connectivity index (χ1v) is 11.9. The molecule has 0 atom stereocenters. The first kappa shape index (κ1) is 21.4. The van der Waals surface area contributed by atoms with Gasteiger partial charge in [-0.2, -0.15) is 0 Å². The third-order valence-electron chi connectivity index (χ3n) is 5.03. The van der Waals surface area contributed by atoms with Crippen molar-refractivity contribution in [3.8, 4) is 16.3 Å². The first-order chi connectivity index (χ1) is 16.0. The molecule has 0 saturated heterocycles. The molecule has 7 heteroatoms. The molecule has 0 spiro atoms. The van der Waals surface area contributed by atoms with Crippen molar-refractivity contribution < 1.29 is 13.9 Å². The summed E-state index contributed by atoms with van der Waals surface area (Å²) < 4.78 is 13.4. The number of hydrogen-bond donors (Lipinski definition) is 1. The summed E-state index contributed by atoms with van der Waals surface area (Å²) in [5.74, 6) is 1.19. The van der Waals surface area contributed by atoms with Crippen LogP contribution < -0.4 is 10.1 Å². The molecule has 0 unspecified atom stereocenters. The van der Waals surface area contributed by atoms with Crippen molar-refractivity contribution in [1.29, 1.82) is 0 Å². The molecular formula is C26H19BrN2O3S. The molecule has 0 aliphatic heterocycles. The number of aryl methyl sites for hydroxylation is 1. The zero-order chi connectivity index (χ0) is 22.8. The van der Waals surface area contributed by atoms with Crippen molar-refractivity contribution in [1.82, 2.24) is 4.98 Å². The van der Waals surface area contributed by atoms with Gasteiger partial charge in [-0.25, -0.2) is 4.98 Å². The van der Waals surface area contributed by atoms with Crippen LogP contribution in [0.15, 0.2) is 87.8 Å². The van der Waals surface area contributed by atoms with Gasteiger partial charge in [-0.3, -0.25) is 4.79 Å². The number of rotatable bonds is 6. The summed E-state index contributed by atoms with van der Waals surface area (Å²) in [6.45, 7) is 2.31. The van der Waals surface area contributed by atoms with E-state index in [1.807, 2.05) is 54.6 Å². The summed E-state index contributed by atoms with van der Waals surface area (Å²) in [6.07, 6.45) is 0. The van der Waals surface area contributed by atoms with Crippen LogP contribution in [0, 0.1) is 6.92 Å². The lowest BCUT2D eigenvalue weighted by Gasteiger charge is -2.06. The zero-order valence-electron chi connectivity index (χ0n) is 17.7. The summed E-state index contributed by atoms with van der Waals surface area (Å²) in [5, 5.41) is 3.82. The molecule has 0 aliphatic rings. The number of hydrogen-bond acceptors (Lipinski definition) is 5. The second kappa shape index (κ2) is 9.21. The van der Waals surface area contributed by atoms with E-state index in [0.717, 1.165) is 20.6 Å². The number of benzene rings is 3. The van der Waals surface area contributed by atoms with E-state index in [1.54, 1.807) is 23.5 Å². The molecule has 5 rings (SSSR count). The fraction of sp³-hybridized carbons (Fsp3) is 0.0769. The SMILES string of the molecule is Cc1ccc2nc(-c3ccc(NC(=O)c4ccc(COc5ccccc5Br)o4)cc3)sc2c1. The lowest BCUT2D eigenvalue weighted by atomic mass is 10.2. The smallest absolute Gasteiger partial charge is 0.291 e. The molecule has 164 valence electrons. The van der Waals surface area contributed by atoms with Gasteiger partial charge >= 0.3 is 0 Å². The number of para-hydroxylation sites is 1. The van der Waals surface area contributed by atoms with E-state index in [4.69, 9.17) is 14.1 Å². The van der Waals surface area contributed by atoms with Gasteiger partial charge in [0.1, 0.15) is 23.1 Å². The second-order valence-electron chi connectivity index (χ2n) is 7.51. The lowest BCUT2D eigenvalue weighted by molar-refractivity contribution is 0.0992. The van der Waals surface area contributed by atoms with Gasteiger partial charge in [0.25, 0.3) is 5.91 Å². The van der Waals surface area contributed by atoms with Gasteiger partial charge in [-0.15, -0.1) is 11.3 Å². The number of nitrogens with zero attached hydrogens (tertiary/aromatic N) is 1. The Hall–Kier alpha value is -3.42. The van der Waals surface area contributed by atoms with Gasteiger partial charge in [0.2, 0.25) is 0 Å². The number of carbonyl (C=O) groups excluding carboxylic acids is 1. The number of halogens is 1. The highest BCUT2D eigenvalue weighted by Gasteiger charge is 2.13. The van der Waals surface area contributed by atoms with Crippen LogP contribution in [0.5, 0.6) is 5.75 Å². The first-order valence-electron chi connectivity index (χ1n) is 10.3. The highest BCUT2D eigenvalue weighted by Crippen LogP contribution is 2.31. The van der Waals surface area contributed by atoms with Crippen LogP contribution in [-0.4, -0.2) is 10.9 Å². The summed E-state index contributed by atoms with van der Waals surface area (Å²) in [7, 11) is 0. The van der Waals surface area contributed by atoms with Crippen molar-refractivity contribution in [2.75, 3.05) is 5.32 Å². The number of nitrogens with one attached hydrogen (secondary N) is 1. The Bertz CT molecular complexity index is 1440. The van der Waals surface area contributed by atoms with E-state index in [0.29, 0.717) is 17.2 Å². The quantitative estimate of drug-likeness (QED) is 0.253. The third-order valence-corrected chi connectivity index (χ3v) is 6.75. The average Bonchev–Trinajstić information content (AvgIpc) is 3.46. The average molecular weight is 519 g/mol. The summed E-state index contributed by atoms with van der Waals surface area (Å²) in [5.41, 5.74) is 3.91. The van der Waals surface area contributed by atoms with Crippen LogP contribution in [0.25, 0.3) is 20.8 Å². The minimum Gasteiger partial charge on any atom is -0.484 e. The van der Waals surface area contributed by atoms with Gasteiger partial charge in [0.05, 0.1) is 14.7 Å².